The molecule has 7 heteroatoms. The summed E-state index contributed by atoms with van der Waals surface area (Å²) < 4.78 is 4.13. The van der Waals surface area contributed by atoms with Crippen molar-refractivity contribution in [2.75, 3.05) is 13.1 Å². The first-order valence-electron chi connectivity index (χ1n) is 9.28. The molecule has 0 amide bonds. The predicted molar refractivity (Wildman–Crippen MR) is 101 cm³/mol. The number of imidazole rings is 1. The van der Waals surface area contributed by atoms with Gasteiger partial charge in [-0.25, -0.2) is 4.98 Å². The predicted octanol–water partition coefficient (Wildman–Crippen LogP) is 2.31. The molecule has 3 heterocycles. The summed E-state index contributed by atoms with van der Waals surface area (Å²) in [5.41, 5.74) is 1.91. The number of benzene rings is 1. The SMILES string of the molecule is Cn1c(Cn2ccnc2)nnc1[C@@H]1CCCN(Cc2cccc(C#N)c2)C1. The number of hydrogen-bond acceptors (Lipinski definition) is 5. The summed E-state index contributed by atoms with van der Waals surface area (Å²) in [5.74, 6) is 2.38. The third kappa shape index (κ3) is 3.91. The van der Waals surface area contributed by atoms with Crippen LogP contribution in [0.1, 0.15) is 41.5 Å². The Morgan fingerprint density at radius 3 is 3.00 bits per heavy atom. The summed E-state index contributed by atoms with van der Waals surface area (Å²) in [7, 11) is 2.05. The zero-order valence-electron chi connectivity index (χ0n) is 15.5. The number of nitriles is 1. The van der Waals surface area contributed by atoms with E-state index in [1.807, 2.05) is 29.0 Å². The lowest BCUT2D eigenvalue weighted by Crippen LogP contribution is -2.34. The maximum absolute atomic E-state index is 9.10. The smallest absolute Gasteiger partial charge is 0.152 e. The molecule has 1 saturated heterocycles. The van der Waals surface area contributed by atoms with Gasteiger partial charge in [-0.3, -0.25) is 4.90 Å². The van der Waals surface area contributed by atoms with Crippen LogP contribution in [0.5, 0.6) is 0 Å². The van der Waals surface area contributed by atoms with E-state index >= 15 is 0 Å². The Balaban J connectivity index is 1.45. The summed E-state index contributed by atoms with van der Waals surface area (Å²) >= 11 is 0. The largest absolute Gasteiger partial charge is 0.330 e. The van der Waals surface area contributed by atoms with Gasteiger partial charge < -0.3 is 9.13 Å². The quantitative estimate of drug-likeness (QED) is 0.697. The first-order valence-corrected chi connectivity index (χ1v) is 9.28. The zero-order chi connectivity index (χ0) is 18.6. The average Bonchev–Trinajstić information content (AvgIpc) is 3.33. The Bertz CT molecular complexity index is 936. The molecule has 27 heavy (non-hydrogen) atoms. The molecule has 138 valence electrons. The molecule has 2 aromatic heterocycles. The highest BCUT2D eigenvalue weighted by atomic mass is 15.3. The van der Waals surface area contributed by atoms with E-state index in [4.69, 9.17) is 5.26 Å². The molecular weight excluding hydrogens is 338 g/mol. The molecule has 1 aliphatic rings. The van der Waals surface area contributed by atoms with E-state index in [-0.39, 0.29) is 0 Å². The van der Waals surface area contributed by atoms with Gasteiger partial charge >= 0.3 is 0 Å². The first kappa shape index (κ1) is 17.4. The van der Waals surface area contributed by atoms with Crippen molar-refractivity contribution < 1.29 is 0 Å². The molecule has 0 radical (unpaired) electrons. The Morgan fingerprint density at radius 1 is 1.26 bits per heavy atom. The van der Waals surface area contributed by atoms with E-state index in [2.05, 4.69) is 43.8 Å². The molecule has 1 aromatic carbocycles. The highest BCUT2D eigenvalue weighted by Crippen LogP contribution is 2.27. The average molecular weight is 361 g/mol. The van der Waals surface area contributed by atoms with Crippen LogP contribution < -0.4 is 0 Å². The minimum absolute atomic E-state index is 0.381. The van der Waals surface area contributed by atoms with E-state index in [0.717, 1.165) is 49.7 Å². The van der Waals surface area contributed by atoms with Gasteiger partial charge in [-0.05, 0) is 37.1 Å². The summed E-state index contributed by atoms with van der Waals surface area (Å²) in [4.78, 5) is 6.54. The Morgan fingerprint density at radius 2 is 2.19 bits per heavy atom. The van der Waals surface area contributed by atoms with Crippen molar-refractivity contribution >= 4 is 0 Å². The minimum Gasteiger partial charge on any atom is -0.330 e. The Kier molecular flexibility index (Phi) is 4.99. The van der Waals surface area contributed by atoms with Crippen LogP contribution >= 0.6 is 0 Å². The molecule has 4 rings (SSSR count). The fraction of sp³-hybridized carbons (Fsp3) is 0.400. The fourth-order valence-electron chi connectivity index (χ4n) is 3.82. The van der Waals surface area contributed by atoms with Crippen LogP contribution in [0.3, 0.4) is 0 Å². The monoisotopic (exact) mass is 361 g/mol. The van der Waals surface area contributed by atoms with Crippen LogP contribution in [-0.2, 0) is 20.1 Å². The first-order chi connectivity index (χ1) is 13.2. The Hall–Kier alpha value is -2.98. The van der Waals surface area contributed by atoms with Gasteiger partial charge in [0.05, 0.1) is 24.5 Å². The zero-order valence-corrected chi connectivity index (χ0v) is 15.5. The molecule has 0 unspecified atom stereocenters. The number of rotatable bonds is 5. The third-order valence-electron chi connectivity index (χ3n) is 5.21. The van der Waals surface area contributed by atoms with Gasteiger partial charge in [-0.15, -0.1) is 10.2 Å². The van der Waals surface area contributed by atoms with Crippen molar-refractivity contribution in [3.8, 4) is 6.07 Å². The molecule has 0 aliphatic carbocycles. The van der Waals surface area contributed by atoms with E-state index in [0.29, 0.717) is 12.5 Å². The van der Waals surface area contributed by atoms with Crippen LogP contribution in [0.25, 0.3) is 0 Å². The second-order valence-electron chi connectivity index (χ2n) is 7.15. The van der Waals surface area contributed by atoms with E-state index in [1.165, 1.54) is 5.56 Å². The molecule has 1 fully saturated rings. The molecule has 1 aliphatic heterocycles. The van der Waals surface area contributed by atoms with Gasteiger partial charge in [0.1, 0.15) is 5.82 Å². The molecule has 0 N–H and O–H groups in total. The van der Waals surface area contributed by atoms with Gasteiger partial charge in [-0.2, -0.15) is 5.26 Å². The fourth-order valence-corrected chi connectivity index (χ4v) is 3.82. The molecular formula is C20H23N7. The summed E-state index contributed by atoms with van der Waals surface area (Å²) in [6.07, 6.45) is 7.79. The highest BCUT2D eigenvalue weighted by Gasteiger charge is 2.26. The lowest BCUT2D eigenvalue weighted by atomic mass is 9.96. The summed E-state index contributed by atoms with van der Waals surface area (Å²) in [6.45, 7) is 3.59. The lowest BCUT2D eigenvalue weighted by Gasteiger charge is -2.32. The van der Waals surface area contributed by atoms with Gasteiger partial charge in [0.2, 0.25) is 0 Å². The van der Waals surface area contributed by atoms with Crippen LogP contribution in [0.15, 0.2) is 43.0 Å². The van der Waals surface area contributed by atoms with Crippen LogP contribution in [-0.4, -0.2) is 42.3 Å². The number of nitrogens with zero attached hydrogens (tertiary/aromatic N) is 7. The Labute approximate surface area is 158 Å². The van der Waals surface area contributed by atoms with Crippen molar-refractivity contribution in [2.24, 2.45) is 7.05 Å². The number of hydrogen-bond donors (Lipinski definition) is 0. The second-order valence-corrected chi connectivity index (χ2v) is 7.15. The van der Waals surface area contributed by atoms with Gasteiger partial charge in [-0.1, -0.05) is 12.1 Å². The molecule has 0 saturated carbocycles. The molecule has 1 atom stereocenters. The van der Waals surface area contributed by atoms with Crippen LogP contribution in [0, 0.1) is 11.3 Å². The van der Waals surface area contributed by atoms with Crippen LogP contribution in [0.4, 0.5) is 0 Å². The molecule has 3 aromatic rings. The lowest BCUT2D eigenvalue weighted by molar-refractivity contribution is 0.195. The van der Waals surface area contributed by atoms with Gasteiger partial charge in [0.25, 0.3) is 0 Å². The third-order valence-corrected chi connectivity index (χ3v) is 5.21. The molecule has 7 nitrogen and oxygen atoms in total. The van der Waals surface area contributed by atoms with Crippen molar-refractivity contribution in [1.82, 2.24) is 29.2 Å². The second kappa shape index (κ2) is 7.72. The molecule has 0 spiro atoms. The summed E-state index contributed by atoms with van der Waals surface area (Å²) in [5, 5.41) is 18.0. The van der Waals surface area contributed by atoms with Crippen molar-refractivity contribution in [1.29, 1.82) is 5.26 Å². The van der Waals surface area contributed by atoms with E-state index in [9.17, 15) is 0 Å². The minimum atomic E-state index is 0.381. The number of likely N-dealkylation sites (tertiary alicyclic amines) is 1. The highest BCUT2D eigenvalue weighted by molar-refractivity contribution is 5.32. The number of piperidine rings is 1. The maximum Gasteiger partial charge on any atom is 0.152 e. The van der Waals surface area contributed by atoms with E-state index in [1.54, 1.807) is 12.5 Å². The van der Waals surface area contributed by atoms with Crippen molar-refractivity contribution in [2.45, 2.75) is 31.8 Å². The van der Waals surface area contributed by atoms with Crippen molar-refractivity contribution in [3.63, 3.8) is 0 Å². The standard InChI is InChI=1S/C20H23N7/c1-25-19(14-27-9-7-22-15-27)23-24-20(25)18-6-3-8-26(13-18)12-17-5-2-4-16(10-17)11-21/h2,4-5,7,9-10,15,18H,3,6,8,12-14H2,1H3/t18-/m1/s1. The van der Waals surface area contributed by atoms with Gasteiger partial charge in [0.15, 0.2) is 5.82 Å². The van der Waals surface area contributed by atoms with Crippen LogP contribution in [0.2, 0.25) is 0 Å². The normalized spacial score (nSPS) is 17.7. The topological polar surface area (TPSA) is 75.6 Å². The van der Waals surface area contributed by atoms with Crippen molar-refractivity contribution in [3.05, 3.63) is 65.8 Å². The van der Waals surface area contributed by atoms with E-state index < -0.39 is 0 Å². The maximum atomic E-state index is 9.10. The number of aromatic nitrogens is 5. The van der Waals surface area contributed by atoms with Gasteiger partial charge in [0, 0.05) is 38.4 Å². The summed E-state index contributed by atoms with van der Waals surface area (Å²) in [6, 6.07) is 10.1. The molecule has 0 bridgehead atoms.